The van der Waals surface area contributed by atoms with E-state index in [1.165, 1.54) is 5.56 Å². The molecule has 1 aromatic carbocycles. The fraction of sp³-hybridized carbons (Fsp3) is 0.357. The lowest BCUT2D eigenvalue weighted by Crippen LogP contribution is -2.35. The summed E-state index contributed by atoms with van der Waals surface area (Å²) in [6, 6.07) is 8.22. The fourth-order valence-corrected chi connectivity index (χ4v) is 1.47. The lowest BCUT2D eigenvalue weighted by Gasteiger charge is -2.17. The van der Waals surface area contributed by atoms with Gasteiger partial charge in [-0.1, -0.05) is 35.9 Å². The van der Waals surface area contributed by atoms with Gasteiger partial charge in [0.25, 0.3) is 0 Å². The second kappa shape index (κ2) is 6.86. The molecule has 0 unspecified atom stereocenters. The summed E-state index contributed by atoms with van der Waals surface area (Å²) < 4.78 is 0. The van der Waals surface area contributed by atoms with Gasteiger partial charge in [0.05, 0.1) is 6.54 Å². The van der Waals surface area contributed by atoms with Crippen LogP contribution >= 0.6 is 0 Å². The number of hydrogen-bond acceptors (Lipinski definition) is 2. The normalized spacial score (nSPS) is 10.0. The topological polar surface area (TPSA) is 32.3 Å². The number of likely N-dealkylation sites (N-methyl/N-ethyl adjacent to an activating group) is 1. The number of aryl methyl sites for hydroxylation is 1. The van der Waals surface area contributed by atoms with Crippen LogP contribution < -0.4 is 5.32 Å². The highest BCUT2D eigenvalue weighted by Crippen LogP contribution is 2.05. The van der Waals surface area contributed by atoms with Gasteiger partial charge in [0, 0.05) is 20.1 Å². The van der Waals surface area contributed by atoms with Gasteiger partial charge < -0.3 is 10.2 Å². The predicted molar refractivity (Wildman–Crippen MR) is 70.7 cm³/mol. The highest BCUT2D eigenvalue weighted by Gasteiger charge is 2.07. The molecule has 17 heavy (non-hydrogen) atoms. The molecular weight excluding hydrogens is 212 g/mol. The van der Waals surface area contributed by atoms with E-state index in [1.807, 2.05) is 7.05 Å². The van der Waals surface area contributed by atoms with E-state index in [2.05, 4.69) is 43.1 Å². The van der Waals surface area contributed by atoms with Gasteiger partial charge in [-0.2, -0.15) is 0 Å². The standard InChI is InChI=1S/C14H20N2O/c1-4-9-15-10-14(17)16(3)11-13-7-5-12(2)6-8-13/h4-8,15H,1,9-11H2,2-3H3. The first-order valence-corrected chi connectivity index (χ1v) is 5.74. The van der Waals surface area contributed by atoms with E-state index in [1.54, 1.807) is 11.0 Å². The van der Waals surface area contributed by atoms with Crippen LogP contribution in [0.3, 0.4) is 0 Å². The maximum atomic E-state index is 11.7. The number of hydrogen-bond donors (Lipinski definition) is 1. The van der Waals surface area contributed by atoms with Gasteiger partial charge in [-0.15, -0.1) is 6.58 Å². The van der Waals surface area contributed by atoms with E-state index in [0.717, 1.165) is 5.56 Å². The first-order chi connectivity index (χ1) is 8.13. The number of nitrogens with one attached hydrogen (secondary N) is 1. The largest absolute Gasteiger partial charge is 0.340 e. The molecule has 0 aliphatic rings. The molecule has 0 saturated heterocycles. The van der Waals surface area contributed by atoms with Crippen LogP contribution in [0.5, 0.6) is 0 Å². The zero-order chi connectivity index (χ0) is 12.7. The first kappa shape index (κ1) is 13.5. The number of carbonyl (C=O) groups excluding carboxylic acids is 1. The van der Waals surface area contributed by atoms with E-state index < -0.39 is 0 Å². The molecule has 1 rings (SSSR count). The summed E-state index contributed by atoms with van der Waals surface area (Å²) in [6.07, 6.45) is 1.74. The average Bonchev–Trinajstić information content (AvgIpc) is 2.32. The predicted octanol–water partition coefficient (Wildman–Crippen LogP) is 1.73. The number of carbonyl (C=O) groups is 1. The summed E-state index contributed by atoms with van der Waals surface area (Å²) in [5, 5.41) is 3.00. The molecule has 0 bridgehead atoms. The monoisotopic (exact) mass is 232 g/mol. The molecular formula is C14H20N2O. The van der Waals surface area contributed by atoms with Crippen molar-refractivity contribution in [3.8, 4) is 0 Å². The Labute approximate surface area is 103 Å². The number of rotatable bonds is 6. The summed E-state index contributed by atoms with van der Waals surface area (Å²) in [5.74, 6) is 0.0902. The van der Waals surface area contributed by atoms with Crippen molar-refractivity contribution in [3.63, 3.8) is 0 Å². The van der Waals surface area contributed by atoms with Crippen molar-refractivity contribution in [2.75, 3.05) is 20.1 Å². The SMILES string of the molecule is C=CCNCC(=O)N(C)Cc1ccc(C)cc1. The van der Waals surface area contributed by atoms with E-state index >= 15 is 0 Å². The van der Waals surface area contributed by atoms with Crippen molar-refractivity contribution in [1.29, 1.82) is 0 Å². The molecule has 0 spiro atoms. The highest BCUT2D eigenvalue weighted by molar-refractivity contribution is 5.77. The Morgan fingerprint density at radius 1 is 1.41 bits per heavy atom. The van der Waals surface area contributed by atoms with Gasteiger partial charge in [-0.05, 0) is 12.5 Å². The summed E-state index contributed by atoms with van der Waals surface area (Å²) >= 11 is 0. The summed E-state index contributed by atoms with van der Waals surface area (Å²) in [6.45, 7) is 7.30. The second-order valence-corrected chi connectivity index (χ2v) is 4.15. The lowest BCUT2D eigenvalue weighted by molar-refractivity contribution is -0.129. The molecule has 0 radical (unpaired) electrons. The van der Waals surface area contributed by atoms with Gasteiger partial charge >= 0.3 is 0 Å². The Morgan fingerprint density at radius 2 is 2.06 bits per heavy atom. The molecule has 0 heterocycles. The molecule has 0 aliphatic carbocycles. The Kier molecular flexibility index (Phi) is 5.43. The van der Waals surface area contributed by atoms with E-state index in [-0.39, 0.29) is 5.91 Å². The van der Waals surface area contributed by atoms with Crippen molar-refractivity contribution in [2.24, 2.45) is 0 Å². The Balaban J connectivity index is 2.42. The lowest BCUT2D eigenvalue weighted by atomic mass is 10.1. The molecule has 1 amide bonds. The van der Waals surface area contributed by atoms with Crippen molar-refractivity contribution in [1.82, 2.24) is 10.2 Å². The van der Waals surface area contributed by atoms with Crippen LogP contribution in [0.2, 0.25) is 0 Å². The molecule has 0 aliphatic heterocycles. The van der Waals surface area contributed by atoms with E-state index in [9.17, 15) is 4.79 Å². The third kappa shape index (κ3) is 4.83. The molecule has 3 heteroatoms. The number of benzene rings is 1. The summed E-state index contributed by atoms with van der Waals surface area (Å²) in [4.78, 5) is 13.4. The zero-order valence-corrected chi connectivity index (χ0v) is 10.6. The molecule has 0 atom stereocenters. The van der Waals surface area contributed by atoms with E-state index in [4.69, 9.17) is 0 Å². The molecule has 0 fully saturated rings. The summed E-state index contributed by atoms with van der Waals surface area (Å²) in [7, 11) is 1.82. The minimum Gasteiger partial charge on any atom is -0.340 e. The second-order valence-electron chi connectivity index (χ2n) is 4.15. The minimum atomic E-state index is 0.0902. The average molecular weight is 232 g/mol. The van der Waals surface area contributed by atoms with Gasteiger partial charge in [-0.25, -0.2) is 0 Å². The molecule has 3 nitrogen and oxygen atoms in total. The number of nitrogens with zero attached hydrogens (tertiary/aromatic N) is 1. The highest BCUT2D eigenvalue weighted by atomic mass is 16.2. The maximum absolute atomic E-state index is 11.7. The third-order valence-corrected chi connectivity index (χ3v) is 2.53. The van der Waals surface area contributed by atoms with Crippen LogP contribution in [0.4, 0.5) is 0 Å². The Hall–Kier alpha value is -1.61. The van der Waals surface area contributed by atoms with Crippen LogP contribution in [-0.2, 0) is 11.3 Å². The molecule has 0 saturated carbocycles. The Bertz CT molecular complexity index is 370. The quantitative estimate of drug-likeness (QED) is 0.598. The van der Waals surface area contributed by atoms with Crippen molar-refractivity contribution < 1.29 is 4.79 Å². The van der Waals surface area contributed by atoms with Gasteiger partial charge in [0.15, 0.2) is 0 Å². The fourth-order valence-electron chi connectivity index (χ4n) is 1.47. The first-order valence-electron chi connectivity index (χ1n) is 5.74. The van der Waals surface area contributed by atoms with Crippen molar-refractivity contribution in [2.45, 2.75) is 13.5 Å². The summed E-state index contributed by atoms with van der Waals surface area (Å²) in [5.41, 5.74) is 2.38. The maximum Gasteiger partial charge on any atom is 0.236 e. The van der Waals surface area contributed by atoms with Crippen LogP contribution in [0, 0.1) is 6.92 Å². The van der Waals surface area contributed by atoms with Crippen LogP contribution in [-0.4, -0.2) is 30.9 Å². The third-order valence-electron chi connectivity index (χ3n) is 2.53. The molecule has 1 N–H and O–H groups in total. The van der Waals surface area contributed by atoms with Crippen molar-refractivity contribution >= 4 is 5.91 Å². The van der Waals surface area contributed by atoms with Gasteiger partial charge in [0.1, 0.15) is 0 Å². The van der Waals surface area contributed by atoms with Crippen molar-refractivity contribution in [3.05, 3.63) is 48.0 Å². The van der Waals surface area contributed by atoms with Crippen LogP contribution in [0.15, 0.2) is 36.9 Å². The van der Waals surface area contributed by atoms with Gasteiger partial charge in [-0.3, -0.25) is 4.79 Å². The van der Waals surface area contributed by atoms with Crippen LogP contribution in [0.1, 0.15) is 11.1 Å². The molecule has 1 aromatic rings. The Morgan fingerprint density at radius 3 is 2.65 bits per heavy atom. The molecule has 0 aromatic heterocycles. The number of amides is 1. The van der Waals surface area contributed by atoms with Crippen LogP contribution in [0.25, 0.3) is 0 Å². The zero-order valence-electron chi connectivity index (χ0n) is 10.6. The smallest absolute Gasteiger partial charge is 0.236 e. The van der Waals surface area contributed by atoms with E-state index in [0.29, 0.717) is 19.6 Å². The van der Waals surface area contributed by atoms with Gasteiger partial charge in [0.2, 0.25) is 5.91 Å². The minimum absolute atomic E-state index is 0.0902. The molecule has 92 valence electrons.